The van der Waals surface area contributed by atoms with Crippen LogP contribution in [0.5, 0.6) is 0 Å². The van der Waals surface area contributed by atoms with Gasteiger partial charge in [0, 0.05) is 50.8 Å². The number of piperazine rings is 1. The number of anilines is 1. The number of aromatic nitrogens is 1. The number of ether oxygens (including phenoxy) is 1. The molecule has 0 spiro atoms. The van der Waals surface area contributed by atoms with E-state index < -0.39 is 0 Å². The molecule has 0 aliphatic carbocycles. The first-order chi connectivity index (χ1) is 10.2. The molecule has 1 unspecified atom stereocenters. The highest BCUT2D eigenvalue weighted by atomic mass is 32.1. The van der Waals surface area contributed by atoms with Gasteiger partial charge >= 0.3 is 0 Å². The van der Waals surface area contributed by atoms with Gasteiger partial charge < -0.3 is 15.0 Å². The Labute approximate surface area is 132 Å². The Hall–Kier alpha value is -0.690. The predicted octanol–water partition coefficient (Wildman–Crippen LogP) is 1.93. The van der Waals surface area contributed by atoms with Gasteiger partial charge in [0.2, 0.25) is 0 Å². The molecule has 0 bridgehead atoms. The van der Waals surface area contributed by atoms with E-state index in [4.69, 9.17) is 9.72 Å². The lowest BCUT2D eigenvalue weighted by atomic mass is 10.2. The lowest BCUT2D eigenvalue weighted by molar-refractivity contribution is 0.181. The van der Waals surface area contributed by atoms with Crippen molar-refractivity contribution in [3.8, 4) is 0 Å². The standard InChI is InChI=1S/C15H28N4OS/c1-5-12(2)18-6-8-19(9-7-18)15-17-13(11-20-4)14(21-15)10-16-3/h12,16H,5-11H2,1-4H3. The summed E-state index contributed by atoms with van der Waals surface area (Å²) in [5.74, 6) is 0. The lowest BCUT2D eigenvalue weighted by Crippen LogP contribution is -2.49. The van der Waals surface area contributed by atoms with Gasteiger partial charge in [0.15, 0.2) is 5.13 Å². The van der Waals surface area contributed by atoms with Crippen LogP contribution >= 0.6 is 11.3 Å². The summed E-state index contributed by atoms with van der Waals surface area (Å²) in [6.07, 6.45) is 1.22. The number of hydrogen-bond acceptors (Lipinski definition) is 6. The van der Waals surface area contributed by atoms with E-state index >= 15 is 0 Å². The van der Waals surface area contributed by atoms with Gasteiger partial charge in [-0.25, -0.2) is 4.98 Å². The van der Waals surface area contributed by atoms with E-state index in [1.807, 2.05) is 7.05 Å². The molecule has 0 saturated carbocycles. The molecule has 0 aromatic carbocycles. The van der Waals surface area contributed by atoms with Gasteiger partial charge in [-0.2, -0.15) is 0 Å². The zero-order chi connectivity index (χ0) is 15.2. The molecule has 1 fully saturated rings. The quantitative estimate of drug-likeness (QED) is 0.833. The Morgan fingerprint density at radius 1 is 1.33 bits per heavy atom. The van der Waals surface area contributed by atoms with Gasteiger partial charge in [-0.1, -0.05) is 6.92 Å². The number of methoxy groups -OCH3 is 1. The minimum absolute atomic E-state index is 0.598. The van der Waals surface area contributed by atoms with Crippen LogP contribution in [0.15, 0.2) is 0 Å². The maximum atomic E-state index is 5.27. The Kier molecular flexibility index (Phi) is 6.41. The van der Waals surface area contributed by atoms with Gasteiger partial charge in [0.05, 0.1) is 12.3 Å². The normalized spacial score (nSPS) is 18.2. The molecule has 1 atom stereocenters. The van der Waals surface area contributed by atoms with Gasteiger partial charge in [-0.05, 0) is 20.4 Å². The Bertz CT molecular complexity index is 406. The smallest absolute Gasteiger partial charge is 0.186 e. The number of nitrogens with zero attached hydrogens (tertiary/aromatic N) is 3. The molecule has 5 nitrogen and oxygen atoms in total. The number of rotatable bonds is 7. The van der Waals surface area contributed by atoms with E-state index in [9.17, 15) is 0 Å². The first-order valence-electron chi connectivity index (χ1n) is 7.80. The molecular weight excluding hydrogens is 284 g/mol. The fourth-order valence-electron chi connectivity index (χ4n) is 2.67. The summed E-state index contributed by atoms with van der Waals surface area (Å²) in [5, 5.41) is 4.37. The molecule has 1 N–H and O–H groups in total. The molecule has 1 aromatic rings. The second-order valence-corrected chi connectivity index (χ2v) is 6.67. The van der Waals surface area contributed by atoms with Gasteiger partial charge in [0.1, 0.15) is 0 Å². The van der Waals surface area contributed by atoms with E-state index in [2.05, 4.69) is 29.0 Å². The first kappa shape index (κ1) is 16.7. The van der Waals surface area contributed by atoms with Crippen LogP contribution in [-0.2, 0) is 17.9 Å². The van der Waals surface area contributed by atoms with Crippen LogP contribution in [0.3, 0.4) is 0 Å². The van der Waals surface area contributed by atoms with Crippen molar-refractivity contribution in [3.05, 3.63) is 10.6 Å². The average molecular weight is 312 g/mol. The molecule has 1 saturated heterocycles. The highest BCUT2D eigenvalue weighted by molar-refractivity contribution is 7.15. The Balaban J connectivity index is 2.01. The summed E-state index contributed by atoms with van der Waals surface area (Å²) in [4.78, 5) is 11.1. The Morgan fingerprint density at radius 2 is 2.05 bits per heavy atom. The molecule has 0 amide bonds. The van der Waals surface area contributed by atoms with Crippen molar-refractivity contribution < 1.29 is 4.74 Å². The number of thiazole rings is 1. The zero-order valence-electron chi connectivity index (χ0n) is 13.7. The van der Waals surface area contributed by atoms with Crippen molar-refractivity contribution in [3.63, 3.8) is 0 Å². The molecule has 1 aromatic heterocycles. The highest BCUT2D eigenvalue weighted by Gasteiger charge is 2.23. The van der Waals surface area contributed by atoms with Gasteiger partial charge in [-0.3, -0.25) is 4.90 Å². The molecular formula is C15H28N4OS. The SMILES string of the molecule is CCC(C)N1CCN(c2nc(COC)c(CNC)s2)CC1. The zero-order valence-corrected chi connectivity index (χ0v) is 14.5. The largest absolute Gasteiger partial charge is 0.378 e. The van der Waals surface area contributed by atoms with E-state index in [0.29, 0.717) is 12.6 Å². The van der Waals surface area contributed by atoms with Crippen LogP contribution in [0.1, 0.15) is 30.8 Å². The molecule has 2 heterocycles. The van der Waals surface area contributed by atoms with Crippen molar-refractivity contribution in [1.29, 1.82) is 0 Å². The second-order valence-electron chi connectivity index (χ2n) is 5.61. The van der Waals surface area contributed by atoms with Crippen molar-refractivity contribution in [2.45, 2.75) is 39.5 Å². The van der Waals surface area contributed by atoms with Crippen molar-refractivity contribution in [1.82, 2.24) is 15.2 Å². The highest BCUT2D eigenvalue weighted by Crippen LogP contribution is 2.28. The summed E-state index contributed by atoms with van der Waals surface area (Å²) in [6, 6.07) is 0.687. The van der Waals surface area contributed by atoms with Crippen LogP contribution in [0.25, 0.3) is 0 Å². The predicted molar refractivity (Wildman–Crippen MR) is 89.1 cm³/mol. The molecule has 120 valence electrons. The van der Waals surface area contributed by atoms with E-state index in [-0.39, 0.29) is 0 Å². The molecule has 0 radical (unpaired) electrons. The summed E-state index contributed by atoms with van der Waals surface area (Å²) >= 11 is 1.80. The lowest BCUT2D eigenvalue weighted by Gasteiger charge is -2.37. The number of hydrogen-bond donors (Lipinski definition) is 1. The maximum Gasteiger partial charge on any atom is 0.186 e. The average Bonchev–Trinajstić information content (AvgIpc) is 2.90. The van der Waals surface area contributed by atoms with Crippen LogP contribution in [-0.4, -0.2) is 56.3 Å². The maximum absolute atomic E-state index is 5.27. The fraction of sp³-hybridized carbons (Fsp3) is 0.800. The third-order valence-corrected chi connectivity index (χ3v) is 5.34. The van der Waals surface area contributed by atoms with Crippen molar-refractivity contribution in [2.24, 2.45) is 0 Å². The van der Waals surface area contributed by atoms with E-state index in [1.165, 1.54) is 11.3 Å². The van der Waals surface area contributed by atoms with Gasteiger partial charge in [-0.15, -0.1) is 11.3 Å². The molecule has 6 heteroatoms. The van der Waals surface area contributed by atoms with Crippen molar-refractivity contribution >= 4 is 16.5 Å². The second kappa shape index (κ2) is 8.08. The summed E-state index contributed by atoms with van der Waals surface area (Å²) in [5.41, 5.74) is 1.08. The van der Waals surface area contributed by atoms with Gasteiger partial charge in [0.25, 0.3) is 0 Å². The summed E-state index contributed by atoms with van der Waals surface area (Å²) in [7, 11) is 3.70. The number of nitrogens with one attached hydrogen (secondary N) is 1. The summed E-state index contributed by atoms with van der Waals surface area (Å²) in [6.45, 7) is 10.5. The summed E-state index contributed by atoms with van der Waals surface area (Å²) < 4.78 is 5.27. The third-order valence-electron chi connectivity index (χ3n) is 4.18. The van der Waals surface area contributed by atoms with Crippen molar-refractivity contribution in [2.75, 3.05) is 45.2 Å². The van der Waals surface area contributed by atoms with Crippen LogP contribution in [0, 0.1) is 0 Å². The Morgan fingerprint density at radius 3 is 2.62 bits per heavy atom. The fourth-order valence-corrected chi connectivity index (χ4v) is 3.79. The molecule has 1 aliphatic rings. The molecule has 1 aliphatic heterocycles. The monoisotopic (exact) mass is 312 g/mol. The minimum atomic E-state index is 0.598. The van der Waals surface area contributed by atoms with E-state index in [1.54, 1.807) is 18.4 Å². The first-order valence-corrected chi connectivity index (χ1v) is 8.62. The third kappa shape index (κ3) is 4.16. The van der Waals surface area contributed by atoms with Crippen LogP contribution in [0.2, 0.25) is 0 Å². The van der Waals surface area contributed by atoms with Crippen LogP contribution < -0.4 is 10.2 Å². The topological polar surface area (TPSA) is 40.6 Å². The van der Waals surface area contributed by atoms with E-state index in [0.717, 1.165) is 43.5 Å². The molecule has 2 rings (SSSR count). The molecule has 21 heavy (non-hydrogen) atoms. The van der Waals surface area contributed by atoms with Crippen LogP contribution in [0.4, 0.5) is 5.13 Å². The minimum Gasteiger partial charge on any atom is -0.378 e.